The average Bonchev–Trinajstić information content (AvgIpc) is 2.83. The number of amides is 2. The molecule has 5 nitrogen and oxygen atoms in total. The molecule has 2 rings (SSSR count). The first-order valence-electron chi connectivity index (χ1n) is 8.62. The molecule has 1 saturated heterocycles. The van der Waals surface area contributed by atoms with Crippen LogP contribution in [0, 0.1) is 5.92 Å². The minimum Gasteiger partial charge on any atom is -0.444 e. The van der Waals surface area contributed by atoms with Gasteiger partial charge in [0, 0.05) is 26.1 Å². The molecule has 1 N–H and O–H groups in total. The molecule has 132 valence electrons. The summed E-state index contributed by atoms with van der Waals surface area (Å²) in [4.78, 5) is 25.6. The van der Waals surface area contributed by atoms with Crippen LogP contribution in [0.15, 0.2) is 30.3 Å². The zero-order chi connectivity index (χ0) is 17.6. The van der Waals surface area contributed by atoms with Crippen molar-refractivity contribution in [3.05, 3.63) is 35.9 Å². The minimum absolute atomic E-state index is 0.226. The number of alkyl carbamates (subject to hydrolysis) is 1. The Balaban J connectivity index is 1.66. The second-order valence-electron chi connectivity index (χ2n) is 7.40. The molecule has 5 heteroatoms. The van der Waals surface area contributed by atoms with E-state index in [1.165, 1.54) is 0 Å². The summed E-state index contributed by atoms with van der Waals surface area (Å²) in [6.07, 6.45) is 2.03. The molecular formula is C19H28N2O3. The van der Waals surface area contributed by atoms with Crippen LogP contribution in [0.1, 0.15) is 45.6 Å². The molecule has 1 aromatic rings. The van der Waals surface area contributed by atoms with E-state index in [0.29, 0.717) is 25.4 Å². The van der Waals surface area contributed by atoms with Crippen LogP contribution in [0.2, 0.25) is 0 Å². The summed E-state index contributed by atoms with van der Waals surface area (Å²) in [7, 11) is 0. The third kappa shape index (κ3) is 6.22. The van der Waals surface area contributed by atoms with Gasteiger partial charge in [0.25, 0.3) is 0 Å². The molecule has 1 aromatic carbocycles. The smallest absolute Gasteiger partial charge is 0.407 e. The molecule has 0 radical (unpaired) electrons. The molecular weight excluding hydrogens is 304 g/mol. The molecule has 0 spiro atoms. The first kappa shape index (κ1) is 18.3. The van der Waals surface area contributed by atoms with E-state index in [-0.39, 0.29) is 12.0 Å². The third-order valence-corrected chi connectivity index (χ3v) is 3.97. The predicted molar refractivity (Wildman–Crippen MR) is 93.4 cm³/mol. The number of nitrogens with one attached hydrogen (secondary N) is 1. The average molecular weight is 332 g/mol. The van der Waals surface area contributed by atoms with E-state index in [2.05, 4.69) is 5.32 Å². The molecule has 1 fully saturated rings. The maximum atomic E-state index is 12.1. The number of rotatable bonds is 6. The normalized spacial score (nSPS) is 17.9. The fraction of sp³-hybridized carbons (Fsp3) is 0.579. The van der Waals surface area contributed by atoms with Crippen LogP contribution in [-0.2, 0) is 16.1 Å². The zero-order valence-corrected chi connectivity index (χ0v) is 14.9. The van der Waals surface area contributed by atoms with Gasteiger partial charge in [0.15, 0.2) is 0 Å². The van der Waals surface area contributed by atoms with Gasteiger partial charge in [0.1, 0.15) is 5.60 Å². The van der Waals surface area contributed by atoms with Crippen molar-refractivity contribution in [3.8, 4) is 0 Å². The van der Waals surface area contributed by atoms with E-state index in [4.69, 9.17) is 4.74 Å². The molecule has 1 heterocycles. The summed E-state index contributed by atoms with van der Waals surface area (Å²) in [5, 5.41) is 2.77. The van der Waals surface area contributed by atoms with E-state index in [1.54, 1.807) is 0 Å². The lowest BCUT2D eigenvalue weighted by Gasteiger charge is -2.20. The van der Waals surface area contributed by atoms with Gasteiger partial charge >= 0.3 is 6.09 Å². The van der Waals surface area contributed by atoms with Gasteiger partial charge in [-0.15, -0.1) is 0 Å². The number of nitrogens with zero attached hydrogens (tertiary/aromatic N) is 1. The van der Waals surface area contributed by atoms with Crippen LogP contribution < -0.4 is 5.32 Å². The fourth-order valence-electron chi connectivity index (χ4n) is 2.90. The van der Waals surface area contributed by atoms with Gasteiger partial charge in [-0.05, 0) is 45.1 Å². The van der Waals surface area contributed by atoms with Crippen LogP contribution in [0.25, 0.3) is 0 Å². The fourth-order valence-corrected chi connectivity index (χ4v) is 2.90. The van der Waals surface area contributed by atoms with Crippen molar-refractivity contribution in [1.29, 1.82) is 0 Å². The number of benzene rings is 1. The Bertz CT molecular complexity index is 551. The maximum Gasteiger partial charge on any atom is 0.407 e. The van der Waals surface area contributed by atoms with Crippen LogP contribution in [0.3, 0.4) is 0 Å². The Hall–Kier alpha value is -2.04. The van der Waals surface area contributed by atoms with E-state index >= 15 is 0 Å². The van der Waals surface area contributed by atoms with Crippen molar-refractivity contribution < 1.29 is 14.3 Å². The molecule has 1 atom stereocenters. The second kappa shape index (κ2) is 8.18. The first-order valence-corrected chi connectivity index (χ1v) is 8.62. The molecule has 0 saturated carbocycles. The molecule has 0 bridgehead atoms. The van der Waals surface area contributed by atoms with Gasteiger partial charge in [0.2, 0.25) is 5.91 Å². The number of ether oxygens (including phenoxy) is 1. The SMILES string of the molecule is CC(C)(C)OC(=O)NCCCC1CC(=O)N(Cc2ccccc2)C1. The second-order valence-corrected chi connectivity index (χ2v) is 7.40. The quantitative estimate of drug-likeness (QED) is 0.813. The van der Waals surface area contributed by atoms with E-state index in [0.717, 1.165) is 24.9 Å². The Morgan fingerprint density at radius 1 is 1.29 bits per heavy atom. The Kier molecular flexibility index (Phi) is 6.23. The highest BCUT2D eigenvalue weighted by Crippen LogP contribution is 2.23. The van der Waals surface area contributed by atoms with Gasteiger partial charge < -0.3 is 15.0 Å². The summed E-state index contributed by atoms with van der Waals surface area (Å²) in [6, 6.07) is 10.1. The van der Waals surface area contributed by atoms with Crippen LogP contribution >= 0.6 is 0 Å². The summed E-state index contributed by atoms with van der Waals surface area (Å²) in [5.74, 6) is 0.602. The van der Waals surface area contributed by atoms with E-state index < -0.39 is 5.60 Å². The summed E-state index contributed by atoms with van der Waals surface area (Å²) in [6.45, 7) is 7.61. The summed E-state index contributed by atoms with van der Waals surface area (Å²) >= 11 is 0. The highest BCUT2D eigenvalue weighted by atomic mass is 16.6. The lowest BCUT2D eigenvalue weighted by molar-refractivity contribution is -0.128. The standard InChI is InChI=1S/C19H28N2O3/c1-19(2,3)24-18(23)20-11-7-10-16-12-17(22)21(14-16)13-15-8-5-4-6-9-15/h4-6,8-9,16H,7,10-14H2,1-3H3,(H,20,23). The number of carbonyl (C=O) groups is 2. The number of hydrogen-bond donors (Lipinski definition) is 1. The number of likely N-dealkylation sites (tertiary alicyclic amines) is 1. The van der Waals surface area contributed by atoms with Gasteiger partial charge in [-0.1, -0.05) is 30.3 Å². The molecule has 0 aliphatic carbocycles. The zero-order valence-electron chi connectivity index (χ0n) is 14.9. The summed E-state index contributed by atoms with van der Waals surface area (Å²) in [5.41, 5.74) is 0.693. The van der Waals surface area contributed by atoms with Gasteiger partial charge in [-0.25, -0.2) is 4.79 Å². The van der Waals surface area contributed by atoms with Gasteiger partial charge in [-0.2, -0.15) is 0 Å². The molecule has 0 aromatic heterocycles. The van der Waals surface area contributed by atoms with Crippen LogP contribution in [0.5, 0.6) is 0 Å². The Morgan fingerprint density at radius 2 is 2.00 bits per heavy atom. The van der Waals surface area contributed by atoms with Crippen molar-refractivity contribution in [1.82, 2.24) is 10.2 Å². The topological polar surface area (TPSA) is 58.6 Å². The molecule has 1 aliphatic rings. The van der Waals surface area contributed by atoms with E-state index in [1.807, 2.05) is 56.0 Å². The molecule has 1 aliphatic heterocycles. The number of carbonyl (C=O) groups excluding carboxylic acids is 2. The molecule has 1 unspecified atom stereocenters. The van der Waals surface area contributed by atoms with Crippen molar-refractivity contribution in [2.45, 2.75) is 52.2 Å². The predicted octanol–water partition coefficient (Wildman–Crippen LogP) is 3.34. The van der Waals surface area contributed by atoms with Gasteiger partial charge in [-0.3, -0.25) is 4.79 Å². The van der Waals surface area contributed by atoms with E-state index in [9.17, 15) is 9.59 Å². The van der Waals surface area contributed by atoms with Gasteiger partial charge in [0.05, 0.1) is 0 Å². The van der Waals surface area contributed by atoms with Crippen LogP contribution in [0.4, 0.5) is 4.79 Å². The van der Waals surface area contributed by atoms with Crippen molar-refractivity contribution in [2.24, 2.45) is 5.92 Å². The van der Waals surface area contributed by atoms with Crippen molar-refractivity contribution in [2.75, 3.05) is 13.1 Å². The third-order valence-electron chi connectivity index (χ3n) is 3.97. The minimum atomic E-state index is -0.472. The lowest BCUT2D eigenvalue weighted by Crippen LogP contribution is -2.33. The van der Waals surface area contributed by atoms with Crippen LogP contribution in [-0.4, -0.2) is 35.6 Å². The Morgan fingerprint density at radius 3 is 2.67 bits per heavy atom. The largest absolute Gasteiger partial charge is 0.444 e. The summed E-state index contributed by atoms with van der Waals surface area (Å²) < 4.78 is 5.20. The number of hydrogen-bond acceptors (Lipinski definition) is 3. The highest BCUT2D eigenvalue weighted by Gasteiger charge is 2.29. The monoisotopic (exact) mass is 332 g/mol. The molecule has 2 amide bonds. The highest BCUT2D eigenvalue weighted by molar-refractivity contribution is 5.78. The van der Waals surface area contributed by atoms with Crippen molar-refractivity contribution >= 4 is 12.0 Å². The maximum absolute atomic E-state index is 12.1. The molecule has 24 heavy (non-hydrogen) atoms. The Labute approximate surface area is 144 Å². The lowest BCUT2D eigenvalue weighted by atomic mass is 10.0. The first-order chi connectivity index (χ1) is 11.3. The van der Waals surface area contributed by atoms with Crippen molar-refractivity contribution in [3.63, 3.8) is 0 Å².